The molecule has 4 rings (SSSR count). The van der Waals surface area contributed by atoms with Gasteiger partial charge in [0, 0.05) is 37.7 Å². The molecule has 1 amide bonds. The van der Waals surface area contributed by atoms with Gasteiger partial charge in [-0.05, 0) is 31.0 Å². The molecule has 3 aromatic rings. The number of hydrogen-bond acceptors (Lipinski definition) is 6. The van der Waals surface area contributed by atoms with Crippen LogP contribution in [0.15, 0.2) is 55.2 Å². The molecule has 138 valence electrons. The van der Waals surface area contributed by atoms with E-state index in [4.69, 9.17) is 0 Å². The Morgan fingerprint density at radius 2 is 2.07 bits per heavy atom. The highest BCUT2D eigenvalue weighted by Crippen LogP contribution is 2.22. The SMILES string of the molecule is O=C(NCc1ccccn1)[C@@H]1CCCN(c2cc(-n3cccn3)ncn2)C1. The Balaban J connectivity index is 1.40. The van der Waals surface area contributed by atoms with Gasteiger partial charge < -0.3 is 10.2 Å². The fourth-order valence-corrected chi connectivity index (χ4v) is 3.26. The van der Waals surface area contributed by atoms with E-state index in [0.717, 1.165) is 30.9 Å². The zero-order valence-corrected chi connectivity index (χ0v) is 14.9. The predicted molar refractivity (Wildman–Crippen MR) is 100 cm³/mol. The molecule has 0 radical (unpaired) electrons. The Hall–Kier alpha value is -3.29. The molecule has 27 heavy (non-hydrogen) atoms. The molecule has 1 saturated heterocycles. The van der Waals surface area contributed by atoms with E-state index < -0.39 is 0 Å². The number of piperidine rings is 1. The summed E-state index contributed by atoms with van der Waals surface area (Å²) in [6, 6.07) is 9.45. The zero-order valence-electron chi connectivity index (χ0n) is 14.9. The van der Waals surface area contributed by atoms with Crippen molar-refractivity contribution in [3.8, 4) is 5.82 Å². The van der Waals surface area contributed by atoms with Crippen molar-refractivity contribution in [1.82, 2.24) is 30.0 Å². The molecule has 3 aromatic heterocycles. The number of pyridine rings is 1. The topological polar surface area (TPSA) is 88.8 Å². The summed E-state index contributed by atoms with van der Waals surface area (Å²) in [5.41, 5.74) is 0.859. The predicted octanol–water partition coefficient (Wildman–Crippen LogP) is 1.59. The lowest BCUT2D eigenvalue weighted by atomic mass is 9.97. The van der Waals surface area contributed by atoms with Gasteiger partial charge in [0.15, 0.2) is 5.82 Å². The second kappa shape index (κ2) is 7.94. The van der Waals surface area contributed by atoms with Crippen LogP contribution in [0.5, 0.6) is 0 Å². The first-order valence-electron chi connectivity index (χ1n) is 9.04. The largest absolute Gasteiger partial charge is 0.356 e. The lowest BCUT2D eigenvalue weighted by Crippen LogP contribution is -2.43. The number of carbonyl (C=O) groups excluding carboxylic acids is 1. The van der Waals surface area contributed by atoms with Crippen molar-refractivity contribution < 1.29 is 4.79 Å². The third-order valence-electron chi connectivity index (χ3n) is 4.66. The van der Waals surface area contributed by atoms with Gasteiger partial charge in [0.2, 0.25) is 5.91 Å². The maximum atomic E-state index is 12.6. The highest BCUT2D eigenvalue weighted by atomic mass is 16.1. The second-order valence-electron chi connectivity index (χ2n) is 6.51. The first kappa shape index (κ1) is 17.1. The second-order valence-corrected chi connectivity index (χ2v) is 6.51. The van der Waals surface area contributed by atoms with E-state index in [0.29, 0.717) is 18.9 Å². The molecule has 8 nitrogen and oxygen atoms in total. The molecule has 0 spiro atoms. The van der Waals surface area contributed by atoms with E-state index in [1.54, 1.807) is 17.1 Å². The van der Waals surface area contributed by atoms with Crippen molar-refractivity contribution in [1.29, 1.82) is 0 Å². The molecule has 0 aliphatic carbocycles. The van der Waals surface area contributed by atoms with Crippen molar-refractivity contribution in [2.45, 2.75) is 19.4 Å². The monoisotopic (exact) mass is 363 g/mol. The minimum Gasteiger partial charge on any atom is -0.356 e. The van der Waals surface area contributed by atoms with Gasteiger partial charge >= 0.3 is 0 Å². The zero-order chi connectivity index (χ0) is 18.5. The highest BCUT2D eigenvalue weighted by Gasteiger charge is 2.26. The summed E-state index contributed by atoms with van der Waals surface area (Å²) < 4.78 is 1.70. The maximum Gasteiger partial charge on any atom is 0.225 e. The van der Waals surface area contributed by atoms with Gasteiger partial charge in [-0.25, -0.2) is 14.6 Å². The van der Waals surface area contributed by atoms with Crippen molar-refractivity contribution in [2.75, 3.05) is 18.0 Å². The van der Waals surface area contributed by atoms with E-state index in [1.807, 2.05) is 36.5 Å². The van der Waals surface area contributed by atoms with Crippen LogP contribution in [0.4, 0.5) is 5.82 Å². The fraction of sp³-hybridized carbons (Fsp3) is 0.316. The van der Waals surface area contributed by atoms with Crippen molar-refractivity contribution in [2.24, 2.45) is 5.92 Å². The molecular formula is C19H21N7O. The van der Waals surface area contributed by atoms with E-state index >= 15 is 0 Å². The number of hydrogen-bond donors (Lipinski definition) is 1. The number of carbonyl (C=O) groups is 1. The Morgan fingerprint density at radius 1 is 1.15 bits per heavy atom. The van der Waals surface area contributed by atoms with Crippen LogP contribution in [-0.4, -0.2) is 43.7 Å². The molecule has 1 fully saturated rings. The van der Waals surface area contributed by atoms with Gasteiger partial charge in [0.1, 0.15) is 12.1 Å². The summed E-state index contributed by atoms with van der Waals surface area (Å²) in [6.07, 6.45) is 8.65. The molecule has 1 atom stereocenters. The van der Waals surface area contributed by atoms with Crippen LogP contribution in [0.2, 0.25) is 0 Å². The normalized spacial score (nSPS) is 16.9. The molecule has 1 aliphatic rings. The first-order valence-corrected chi connectivity index (χ1v) is 9.04. The molecule has 1 aliphatic heterocycles. The van der Waals surface area contributed by atoms with Crippen LogP contribution in [0.1, 0.15) is 18.5 Å². The smallest absolute Gasteiger partial charge is 0.225 e. The summed E-state index contributed by atoms with van der Waals surface area (Å²) in [5, 5.41) is 7.21. The summed E-state index contributed by atoms with van der Waals surface area (Å²) in [5.74, 6) is 1.53. The number of amides is 1. The van der Waals surface area contributed by atoms with E-state index in [-0.39, 0.29) is 11.8 Å². The molecule has 8 heteroatoms. The number of nitrogens with zero attached hydrogens (tertiary/aromatic N) is 6. The summed E-state index contributed by atoms with van der Waals surface area (Å²) >= 11 is 0. The summed E-state index contributed by atoms with van der Waals surface area (Å²) in [6.45, 7) is 1.97. The fourth-order valence-electron chi connectivity index (χ4n) is 3.26. The lowest BCUT2D eigenvalue weighted by molar-refractivity contribution is -0.125. The van der Waals surface area contributed by atoms with Gasteiger partial charge in [-0.15, -0.1) is 0 Å². The molecule has 0 aromatic carbocycles. The van der Waals surface area contributed by atoms with Crippen molar-refractivity contribution in [3.63, 3.8) is 0 Å². The minimum absolute atomic E-state index is 0.0618. The third kappa shape index (κ3) is 4.11. The lowest BCUT2D eigenvalue weighted by Gasteiger charge is -2.32. The van der Waals surface area contributed by atoms with Crippen LogP contribution in [-0.2, 0) is 11.3 Å². The number of nitrogens with one attached hydrogen (secondary N) is 1. The van der Waals surface area contributed by atoms with E-state index in [9.17, 15) is 4.79 Å². The summed E-state index contributed by atoms with van der Waals surface area (Å²) in [4.78, 5) is 27.6. The van der Waals surface area contributed by atoms with Crippen LogP contribution in [0.3, 0.4) is 0 Å². The Labute approximate surface area is 157 Å². The van der Waals surface area contributed by atoms with Gasteiger partial charge in [-0.1, -0.05) is 6.07 Å². The van der Waals surface area contributed by atoms with E-state index in [2.05, 4.69) is 30.3 Å². The third-order valence-corrected chi connectivity index (χ3v) is 4.66. The number of anilines is 1. The van der Waals surface area contributed by atoms with Gasteiger partial charge in [0.25, 0.3) is 0 Å². The molecule has 0 saturated carbocycles. The minimum atomic E-state index is -0.0643. The van der Waals surface area contributed by atoms with Crippen LogP contribution >= 0.6 is 0 Å². The molecule has 1 N–H and O–H groups in total. The number of aromatic nitrogens is 5. The van der Waals surface area contributed by atoms with Crippen molar-refractivity contribution >= 4 is 11.7 Å². The molecular weight excluding hydrogens is 342 g/mol. The maximum absolute atomic E-state index is 12.6. The Bertz CT molecular complexity index is 882. The van der Waals surface area contributed by atoms with Gasteiger partial charge in [-0.2, -0.15) is 5.10 Å². The first-order chi connectivity index (χ1) is 13.3. The van der Waals surface area contributed by atoms with Crippen LogP contribution in [0.25, 0.3) is 5.82 Å². The van der Waals surface area contributed by atoms with Crippen molar-refractivity contribution in [3.05, 3.63) is 60.9 Å². The van der Waals surface area contributed by atoms with Crippen LogP contribution < -0.4 is 10.2 Å². The highest BCUT2D eigenvalue weighted by molar-refractivity contribution is 5.79. The Kier molecular flexibility index (Phi) is 5.04. The number of rotatable bonds is 5. The van der Waals surface area contributed by atoms with Gasteiger partial charge in [0.05, 0.1) is 18.2 Å². The standard InChI is InChI=1S/C19H21N7O/c27-19(21-12-16-6-1-2-7-20-16)15-5-3-9-25(13-15)17-11-18(23-14-22-17)26-10-4-8-24-26/h1-2,4,6-8,10-11,14-15H,3,5,9,12-13H2,(H,21,27)/t15-/m1/s1. The molecule has 0 bridgehead atoms. The van der Waals surface area contributed by atoms with Gasteiger partial charge in [-0.3, -0.25) is 9.78 Å². The average Bonchev–Trinajstić information content (AvgIpc) is 3.28. The summed E-state index contributed by atoms with van der Waals surface area (Å²) in [7, 11) is 0. The Morgan fingerprint density at radius 3 is 2.89 bits per heavy atom. The molecule has 0 unspecified atom stereocenters. The van der Waals surface area contributed by atoms with E-state index in [1.165, 1.54) is 6.33 Å². The van der Waals surface area contributed by atoms with Crippen LogP contribution in [0, 0.1) is 5.92 Å². The molecule has 4 heterocycles. The average molecular weight is 363 g/mol. The quantitative estimate of drug-likeness (QED) is 0.741.